The van der Waals surface area contributed by atoms with Crippen molar-refractivity contribution >= 4 is 16.7 Å². The maximum atomic E-state index is 4.45. The summed E-state index contributed by atoms with van der Waals surface area (Å²) in [5.41, 5.74) is 2.39. The van der Waals surface area contributed by atoms with E-state index in [1.807, 2.05) is 18.2 Å². The molecular formula is C20H22N4. The van der Waals surface area contributed by atoms with Crippen molar-refractivity contribution in [3.8, 4) is 0 Å². The maximum absolute atomic E-state index is 4.45. The van der Waals surface area contributed by atoms with Crippen LogP contribution in [-0.4, -0.2) is 34.0 Å². The van der Waals surface area contributed by atoms with Gasteiger partial charge in [0.2, 0.25) is 0 Å². The fourth-order valence-electron chi connectivity index (χ4n) is 3.39. The van der Waals surface area contributed by atoms with E-state index in [2.05, 4.69) is 56.6 Å². The lowest BCUT2D eigenvalue weighted by molar-refractivity contribution is 0.211. The van der Waals surface area contributed by atoms with E-state index in [1.165, 1.54) is 5.56 Å². The Bertz CT molecular complexity index is 790. The van der Waals surface area contributed by atoms with Crippen LogP contribution < -0.4 is 5.32 Å². The van der Waals surface area contributed by atoms with Crippen LogP contribution in [0.4, 0.5) is 5.82 Å². The van der Waals surface area contributed by atoms with Crippen LogP contribution >= 0.6 is 0 Å². The summed E-state index contributed by atoms with van der Waals surface area (Å²) in [5.74, 6) is 0.960. The third kappa shape index (κ3) is 3.39. The molecule has 1 saturated heterocycles. The number of fused-ring (bicyclic) bond motifs is 1. The molecule has 1 aliphatic heterocycles. The SMILES string of the molecule is c1ccc(CN2CCC(Nc3ncnc4ccccc34)CC2)cc1. The molecule has 0 aliphatic carbocycles. The fraction of sp³-hybridized carbons (Fsp3) is 0.300. The first-order valence-corrected chi connectivity index (χ1v) is 8.61. The number of hydrogen-bond donors (Lipinski definition) is 1. The van der Waals surface area contributed by atoms with Gasteiger partial charge in [-0.15, -0.1) is 0 Å². The topological polar surface area (TPSA) is 41.0 Å². The van der Waals surface area contributed by atoms with Crippen LogP contribution in [0.3, 0.4) is 0 Å². The quantitative estimate of drug-likeness (QED) is 0.796. The monoisotopic (exact) mass is 318 g/mol. The summed E-state index contributed by atoms with van der Waals surface area (Å²) in [7, 11) is 0. The van der Waals surface area contributed by atoms with Gasteiger partial charge in [-0.3, -0.25) is 4.90 Å². The zero-order valence-electron chi connectivity index (χ0n) is 13.7. The minimum Gasteiger partial charge on any atom is -0.367 e. The van der Waals surface area contributed by atoms with Crippen LogP contribution in [0.2, 0.25) is 0 Å². The van der Waals surface area contributed by atoms with Crippen molar-refractivity contribution in [1.82, 2.24) is 14.9 Å². The second kappa shape index (κ2) is 6.97. The predicted octanol–water partition coefficient (Wildman–Crippen LogP) is 3.71. The van der Waals surface area contributed by atoms with Crippen molar-refractivity contribution in [2.45, 2.75) is 25.4 Å². The second-order valence-corrected chi connectivity index (χ2v) is 6.42. The van der Waals surface area contributed by atoms with E-state index in [1.54, 1.807) is 6.33 Å². The third-order valence-electron chi connectivity index (χ3n) is 4.72. The van der Waals surface area contributed by atoms with Crippen LogP contribution in [0.5, 0.6) is 0 Å². The van der Waals surface area contributed by atoms with Crippen molar-refractivity contribution in [3.05, 3.63) is 66.5 Å². The minimum atomic E-state index is 0.482. The van der Waals surface area contributed by atoms with Gasteiger partial charge in [-0.1, -0.05) is 42.5 Å². The molecule has 0 atom stereocenters. The lowest BCUT2D eigenvalue weighted by atomic mass is 10.0. The van der Waals surface area contributed by atoms with Crippen LogP contribution in [-0.2, 0) is 6.54 Å². The molecule has 3 aromatic rings. The summed E-state index contributed by atoms with van der Waals surface area (Å²) in [6.45, 7) is 3.29. The highest BCUT2D eigenvalue weighted by Gasteiger charge is 2.20. The Labute approximate surface area is 142 Å². The Morgan fingerprint density at radius 1 is 0.917 bits per heavy atom. The molecule has 4 heteroatoms. The Hall–Kier alpha value is -2.46. The Morgan fingerprint density at radius 2 is 1.67 bits per heavy atom. The number of nitrogens with one attached hydrogen (secondary N) is 1. The average molecular weight is 318 g/mol. The molecule has 2 aromatic carbocycles. The number of rotatable bonds is 4. The van der Waals surface area contributed by atoms with Crippen molar-refractivity contribution in [2.75, 3.05) is 18.4 Å². The normalized spacial score (nSPS) is 16.3. The number of anilines is 1. The van der Waals surface area contributed by atoms with Crippen molar-refractivity contribution in [1.29, 1.82) is 0 Å². The first kappa shape index (κ1) is 15.1. The molecule has 2 heterocycles. The minimum absolute atomic E-state index is 0.482. The molecule has 1 N–H and O–H groups in total. The Kier molecular flexibility index (Phi) is 4.38. The third-order valence-corrected chi connectivity index (χ3v) is 4.72. The molecule has 122 valence electrons. The summed E-state index contributed by atoms with van der Waals surface area (Å²) in [6.07, 6.45) is 3.94. The molecule has 0 spiro atoms. The Morgan fingerprint density at radius 3 is 2.50 bits per heavy atom. The van der Waals surface area contributed by atoms with Crippen LogP contribution in [0.15, 0.2) is 60.9 Å². The molecule has 0 saturated carbocycles. The highest BCUT2D eigenvalue weighted by molar-refractivity contribution is 5.88. The lowest BCUT2D eigenvalue weighted by Gasteiger charge is -2.32. The predicted molar refractivity (Wildman–Crippen MR) is 97.9 cm³/mol. The van der Waals surface area contributed by atoms with Gasteiger partial charge in [0.25, 0.3) is 0 Å². The molecule has 1 fully saturated rings. The van der Waals surface area contributed by atoms with Crippen molar-refractivity contribution < 1.29 is 0 Å². The molecule has 4 nitrogen and oxygen atoms in total. The Balaban J connectivity index is 1.38. The van der Waals surface area contributed by atoms with Gasteiger partial charge in [0.1, 0.15) is 12.1 Å². The zero-order chi connectivity index (χ0) is 16.2. The highest BCUT2D eigenvalue weighted by Crippen LogP contribution is 2.22. The van der Waals surface area contributed by atoms with Gasteiger partial charge >= 0.3 is 0 Å². The van der Waals surface area contributed by atoms with Crippen LogP contribution in [0.25, 0.3) is 10.9 Å². The van der Waals surface area contributed by atoms with E-state index in [0.29, 0.717) is 6.04 Å². The summed E-state index contributed by atoms with van der Waals surface area (Å²) < 4.78 is 0. The lowest BCUT2D eigenvalue weighted by Crippen LogP contribution is -2.38. The number of para-hydroxylation sites is 1. The average Bonchev–Trinajstić information content (AvgIpc) is 2.65. The molecule has 4 rings (SSSR count). The van der Waals surface area contributed by atoms with Crippen LogP contribution in [0, 0.1) is 0 Å². The summed E-state index contributed by atoms with van der Waals surface area (Å²) >= 11 is 0. The second-order valence-electron chi connectivity index (χ2n) is 6.42. The fourth-order valence-corrected chi connectivity index (χ4v) is 3.39. The van der Waals surface area contributed by atoms with Gasteiger partial charge in [-0.2, -0.15) is 0 Å². The number of benzene rings is 2. The molecule has 0 bridgehead atoms. The molecule has 1 aliphatic rings. The molecule has 0 unspecified atom stereocenters. The summed E-state index contributed by atoms with van der Waals surface area (Å²) in [6, 6.07) is 19.4. The van der Waals surface area contributed by atoms with Gasteiger partial charge in [-0.25, -0.2) is 9.97 Å². The van der Waals surface area contributed by atoms with E-state index in [-0.39, 0.29) is 0 Å². The maximum Gasteiger partial charge on any atom is 0.137 e. The molecule has 0 amide bonds. The summed E-state index contributed by atoms with van der Waals surface area (Å²) in [4.78, 5) is 11.3. The van der Waals surface area contributed by atoms with Gasteiger partial charge in [0.15, 0.2) is 0 Å². The van der Waals surface area contributed by atoms with Gasteiger partial charge in [0, 0.05) is 31.1 Å². The van der Waals surface area contributed by atoms with E-state index in [4.69, 9.17) is 0 Å². The number of nitrogens with zero attached hydrogens (tertiary/aromatic N) is 3. The first-order chi connectivity index (χ1) is 11.9. The number of likely N-dealkylation sites (tertiary alicyclic amines) is 1. The highest BCUT2D eigenvalue weighted by atomic mass is 15.1. The smallest absolute Gasteiger partial charge is 0.137 e. The molecular weight excluding hydrogens is 296 g/mol. The summed E-state index contributed by atoms with van der Waals surface area (Å²) in [5, 5.41) is 4.73. The van der Waals surface area contributed by atoms with Crippen molar-refractivity contribution in [2.24, 2.45) is 0 Å². The number of aromatic nitrogens is 2. The number of piperidine rings is 1. The molecule has 0 radical (unpaired) electrons. The standard InChI is InChI=1S/C20H22N4/c1-2-6-16(7-3-1)14-24-12-10-17(11-13-24)23-20-18-8-4-5-9-19(18)21-15-22-20/h1-9,15,17H,10-14H2,(H,21,22,23). The molecule has 1 aromatic heterocycles. The zero-order valence-corrected chi connectivity index (χ0v) is 13.7. The molecule has 24 heavy (non-hydrogen) atoms. The van der Waals surface area contributed by atoms with Gasteiger partial charge in [0.05, 0.1) is 5.52 Å². The van der Waals surface area contributed by atoms with Crippen LogP contribution in [0.1, 0.15) is 18.4 Å². The number of hydrogen-bond acceptors (Lipinski definition) is 4. The van der Waals surface area contributed by atoms with Crippen molar-refractivity contribution in [3.63, 3.8) is 0 Å². The van der Waals surface area contributed by atoms with Gasteiger partial charge < -0.3 is 5.32 Å². The van der Waals surface area contributed by atoms with E-state index < -0.39 is 0 Å². The van der Waals surface area contributed by atoms with Gasteiger partial charge in [-0.05, 0) is 30.5 Å². The van der Waals surface area contributed by atoms with E-state index in [0.717, 1.165) is 49.2 Å². The largest absolute Gasteiger partial charge is 0.367 e. The van der Waals surface area contributed by atoms with E-state index in [9.17, 15) is 0 Å². The van der Waals surface area contributed by atoms with E-state index >= 15 is 0 Å². The first-order valence-electron chi connectivity index (χ1n) is 8.61.